The van der Waals surface area contributed by atoms with Crippen molar-refractivity contribution in [2.24, 2.45) is 0 Å². The van der Waals surface area contributed by atoms with Crippen LogP contribution in [-0.4, -0.2) is 23.7 Å². The molecule has 0 saturated carbocycles. The van der Waals surface area contributed by atoms with Crippen LogP contribution in [0, 0.1) is 3.57 Å². The quantitative estimate of drug-likeness (QED) is 0.677. The first-order chi connectivity index (χ1) is 7.54. The molecule has 0 bridgehead atoms. The summed E-state index contributed by atoms with van der Waals surface area (Å²) in [5.74, 6) is -1.44. The Balaban J connectivity index is 2.95. The molecule has 4 nitrogen and oxygen atoms in total. The molecule has 0 aliphatic heterocycles. The fourth-order valence-electron chi connectivity index (χ4n) is 1.27. The zero-order valence-electron chi connectivity index (χ0n) is 8.70. The molecule has 0 amide bonds. The number of rotatable bonds is 4. The molecule has 0 fully saturated rings. The summed E-state index contributed by atoms with van der Waals surface area (Å²) in [5.41, 5.74) is 0.631. The Labute approximate surface area is 107 Å². The summed E-state index contributed by atoms with van der Waals surface area (Å²) in [6.07, 6.45) is -0.00755. The van der Waals surface area contributed by atoms with E-state index in [0.717, 1.165) is 3.57 Å². The maximum atomic E-state index is 11.3. The van der Waals surface area contributed by atoms with Gasteiger partial charge in [-0.1, -0.05) is 6.07 Å². The Morgan fingerprint density at radius 1 is 1.44 bits per heavy atom. The molecule has 1 aromatic rings. The fraction of sp³-hybridized carbons (Fsp3) is 0.273. The number of carbonyl (C=O) groups excluding carboxylic acids is 1. The number of benzene rings is 1. The Morgan fingerprint density at radius 2 is 2.12 bits per heavy atom. The molecule has 1 rings (SSSR count). The van der Waals surface area contributed by atoms with Gasteiger partial charge >= 0.3 is 11.9 Å². The van der Waals surface area contributed by atoms with E-state index in [1.165, 1.54) is 6.07 Å². The van der Waals surface area contributed by atoms with Crippen LogP contribution in [0.4, 0.5) is 0 Å². The molecule has 0 aromatic heterocycles. The number of halogens is 1. The summed E-state index contributed by atoms with van der Waals surface area (Å²) in [6, 6.07) is 4.95. The predicted octanol–water partition coefficient (Wildman–Crippen LogP) is 2.10. The second-order valence-electron chi connectivity index (χ2n) is 3.09. The summed E-state index contributed by atoms with van der Waals surface area (Å²) in [5, 5.41) is 8.98. The monoisotopic (exact) mass is 334 g/mol. The zero-order chi connectivity index (χ0) is 12.1. The highest BCUT2D eigenvalue weighted by Gasteiger charge is 2.13. The molecule has 1 aromatic carbocycles. The van der Waals surface area contributed by atoms with Gasteiger partial charge in [-0.2, -0.15) is 0 Å². The lowest BCUT2D eigenvalue weighted by Crippen LogP contribution is -2.11. The Hall–Kier alpha value is -1.11. The van der Waals surface area contributed by atoms with Crippen LogP contribution in [0.25, 0.3) is 0 Å². The first-order valence-corrected chi connectivity index (χ1v) is 5.79. The molecule has 5 heteroatoms. The lowest BCUT2D eigenvalue weighted by Gasteiger charge is -2.06. The molecular weight excluding hydrogens is 323 g/mol. The first kappa shape index (κ1) is 13.0. The average Bonchev–Trinajstić information content (AvgIpc) is 2.20. The van der Waals surface area contributed by atoms with E-state index in [2.05, 4.69) is 0 Å². The average molecular weight is 334 g/mol. The van der Waals surface area contributed by atoms with Crippen LogP contribution in [0.15, 0.2) is 18.2 Å². The van der Waals surface area contributed by atoms with Gasteiger partial charge in [-0.05, 0) is 47.2 Å². The van der Waals surface area contributed by atoms with Gasteiger partial charge < -0.3 is 9.84 Å². The molecule has 0 aliphatic rings. The second kappa shape index (κ2) is 5.83. The minimum atomic E-state index is -1.03. The van der Waals surface area contributed by atoms with Crippen molar-refractivity contribution in [1.29, 1.82) is 0 Å². The van der Waals surface area contributed by atoms with E-state index >= 15 is 0 Å². The molecule has 0 aliphatic carbocycles. The maximum absolute atomic E-state index is 11.3. The number of hydrogen-bond acceptors (Lipinski definition) is 3. The SMILES string of the molecule is CCOC(=O)Cc1ccc(I)cc1C(=O)O. The molecule has 0 heterocycles. The molecule has 1 N–H and O–H groups in total. The number of hydrogen-bond donors (Lipinski definition) is 1. The Kier molecular flexibility index (Phi) is 4.72. The fourth-order valence-corrected chi connectivity index (χ4v) is 1.76. The normalized spacial score (nSPS) is 9.88. The van der Waals surface area contributed by atoms with Crippen molar-refractivity contribution in [2.75, 3.05) is 6.61 Å². The van der Waals surface area contributed by atoms with Gasteiger partial charge in [0.05, 0.1) is 18.6 Å². The largest absolute Gasteiger partial charge is 0.478 e. The number of carboxylic acids is 1. The number of esters is 1. The smallest absolute Gasteiger partial charge is 0.336 e. The van der Waals surface area contributed by atoms with E-state index in [1.807, 2.05) is 22.6 Å². The first-order valence-electron chi connectivity index (χ1n) is 4.72. The van der Waals surface area contributed by atoms with Crippen molar-refractivity contribution in [1.82, 2.24) is 0 Å². The van der Waals surface area contributed by atoms with Gasteiger partial charge in [0.1, 0.15) is 0 Å². The third kappa shape index (κ3) is 3.48. The number of carboxylic acid groups (broad SMARTS) is 1. The Bertz CT molecular complexity index is 414. The van der Waals surface area contributed by atoms with Gasteiger partial charge in [0.25, 0.3) is 0 Å². The lowest BCUT2D eigenvalue weighted by molar-refractivity contribution is -0.142. The molecule has 0 atom stereocenters. The minimum absolute atomic E-state index is 0.00755. The number of aromatic carboxylic acids is 1. The zero-order valence-corrected chi connectivity index (χ0v) is 10.9. The van der Waals surface area contributed by atoms with Crippen LogP contribution in [0.5, 0.6) is 0 Å². The van der Waals surface area contributed by atoms with E-state index in [-0.39, 0.29) is 12.0 Å². The van der Waals surface area contributed by atoms with Crippen LogP contribution in [0.3, 0.4) is 0 Å². The highest BCUT2D eigenvalue weighted by atomic mass is 127. The maximum Gasteiger partial charge on any atom is 0.336 e. The van der Waals surface area contributed by atoms with Crippen molar-refractivity contribution in [3.8, 4) is 0 Å². The van der Waals surface area contributed by atoms with Crippen LogP contribution in [-0.2, 0) is 16.0 Å². The summed E-state index contributed by atoms with van der Waals surface area (Å²) >= 11 is 2.03. The van der Waals surface area contributed by atoms with Crippen LogP contribution < -0.4 is 0 Å². The van der Waals surface area contributed by atoms with E-state index in [1.54, 1.807) is 19.1 Å². The molecule has 86 valence electrons. The minimum Gasteiger partial charge on any atom is -0.478 e. The second-order valence-corrected chi connectivity index (χ2v) is 4.33. The molecule has 0 unspecified atom stereocenters. The van der Waals surface area contributed by atoms with Crippen LogP contribution >= 0.6 is 22.6 Å². The Morgan fingerprint density at radius 3 is 2.69 bits per heavy atom. The van der Waals surface area contributed by atoms with Gasteiger partial charge in [-0.15, -0.1) is 0 Å². The highest BCUT2D eigenvalue weighted by Crippen LogP contribution is 2.15. The van der Waals surface area contributed by atoms with Gasteiger partial charge in [-0.3, -0.25) is 4.79 Å². The predicted molar refractivity (Wildman–Crippen MR) is 66.5 cm³/mol. The van der Waals surface area contributed by atoms with E-state index in [4.69, 9.17) is 9.84 Å². The molecule has 0 radical (unpaired) electrons. The van der Waals surface area contributed by atoms with Gasteiger partial charge in [0, 0.05) is 3.57 Å². The summed E-state index contributed by atoms with van der Waals surface area (Å²) in [7, 11) is 0. The third-order valence-corrected chi connectivity index (χ3v) is 2.61. The summed E-state index contributed by atoms with van der Waals surface area (Å²) in [6.45, 7) is 2.01. The standard InChI is InChI=1S/C11H11IO4/c1-2-16-10(13)5-7-3-4-8(12)6-9(7)11(14)15/h3-4,6H,2,5H2,1H3,(H,14,15). The highest BCUT2D eigenvalue weighted by molar-refractivity contribution is 14.1. The number of carbonyl (C=O) groups is 2. The molecule has 16 heavy (non-hydrogen) atoms. The van der Waals surface area contributed by atoms with Gasteiger partial charge in [0.15, 0.2) is 0 Å². The third-order valence-electron chi connectivity index (χ3n) is 1.94. The van der Waals surface area contributed by atoms with Crippen molar-refractivity contribution in [2.45, 2.75) is 13.3 Å². The van der Waals surface area contributed by atoms with Crippen LogP contribution in [0.2, 0.25) is 0 Å². The van der Waals surface area contributed by atoms with Crippen molar-refractivity contribution in [3.05, 3.63) is 32.9 Å². The topological polar surface area (TPSA) is 63.6 Å². The van der Waals surface area contributed by atoms with E-state index in [0.29, 0.717) is 12.2 Å². The van der Waals surface area contributed by atoms with E-state index in [9.17, 15) is 9.59 Å². The van der Waals surface area contributed by atoms with Gasteiger partial charge in [0.2, 0.25) is 0 Å². The number of ether oxygens (including phenoxy) is 1. The summed E-state index contributed by atoms with van der Waals surface area (Å²) in [4.78, 5) is 22.2. The summed E-state index contributed by atoms with van der Waals surface area (Å²) < 4.78 is 5.60. The van der Waals surface area contributed by atoms with Gasteiger partial charge in [-0.25, -0.2) is 4.79 Å². The van der Waals surface area contributed by atoms with Crippen molar-refractivity contribution in [3.63, 3.8) is 0 Å². The van der Waals surface area contributed by atoms with Crippen molar-refractivity contribution >= 4 is 34.5 Å². The molecular formula is C11H11IO4. The molecule has 0 saturated heterocycles. The van der Waals surface area contributed by atoms with Crippen LogP contribution in [0.1, 0.15) is 22.8 Å². The lowest BCUT2D eigenvalue weighted by atomic mass is 10.1. The molecule has 0 spiro atoms. The van der Waals surface area contributed by atoms with Crippen molar-refractivity contribution < 1.29 is 19.4 Å². The van der Waals surface area contributed by atoms with E-state index < -0.39 is 11.9 Å².